The number of nitrogens with zero attached hydrogens (tertiary/aromatic N) is 6. The zero-order chi connectivity index (χ0) is 18.6. The average molecular weight is 358 g/mol. The predicted molar refractivity (Wildman–Crippen MR) is 104 cm³/mol. The van der Waals surface area contributed by atoms with Crippen molar-refractivity contribution in [2.45, 2.75) is 19.6 Å². The molecule has 26 heavy (non-hydrogen) atoms. The summed E-state index contributed by atoms with van der Waals surface area (Å²) in [6, 6.07) is 7.47. The van der Waals surface area contributed by atoms with Crippen LogP contribution in [0.1, 0.15) is 11.4 Å². The molecule has 0 aliphatic carbocycles. The fourth-order valence-corrected chi connectivity index (χ4v) is 2.60. The van der Waals surface area contributed by atoms with Gasteiger partial charge in [0.15, 0.2) is 11.3 Å². The van der Waals surface area contributed by atoms with Crippen molar-refractivity contribution in [3.8, 4) is 23.8 Å². The van der Waals surface area contributed by atoms with Gasteiger partial charge in [0.05, 0.1) is 12.4 Å². The Bertz CT molecular complexity index is 1150. The van der Waals surface area contributed by atoms with Gasteiger partial charge < -0.3 is 0 Å². The Morgan fingerprint density at radius 1 is 0.885 bits per heavy atom. The molecule has 4 heterocycles. The van der Waals surface area contributed by atoms with Gasteiger partial charge in [0, 0.05) is 12.4 Å². The second-order valence-corrected chi connectivity index (χ2v) is 11.3. The molecule has 0 unspecified atom stereocenters. The van der Waals surface area contributed by atoms with Crippen LogP contribution in [-0.2, 0) is 0 Å². The largest absolute Gasteiger partial charge is 0.234 e. The van der Waals surface area contributed by atoms with Gasteiger partial charge in [-0.1, -0.05) is 25.6 Å². The molecular formula is C19H18N6Si. The first-order valence-corrected chi connectivity index (χ1v) is 11.6. The van der Waals surface area contributed by atoms with Crippen LogP contribution < -0.4 is 0 Å². The molecule has 0 bridgehead atoms. The maximum absolute atomic E-state index is 5.21. The predicted octanol–water partition coefficient (Wildman–Crippen LogP) is 2.67. The third-order valence-electron chi connectivity index (χ3n) is 3.27. The lowest BCUT2D eigenvalue weighted by atomic mass is 10.5. The summed E-state index contributed by atoms with van der Waals surface area (Å²) in [6.07, 6.45) is 12.0. The summed E-state index contributed by atoms with van der Waals surface area (Å²) in [5.74, 6) is 5.65. The summed E-state index contributed by atoms with van der Waals surface area (Å²) < 4.78 is 3.40. The SMILES string of the molecule is C#Cc1cnc2cccnn12.C[Si](C)(C)C#Cc1cnc2cccnn12. The second-order valence-electron chi connectivity index (χ2n) is 6.52. The van der Waals surface area contributed by atoms with Crippen LogP contribution in [0.25, 0.3) is 11.3 Å². The smallest absolute Gasteiger partial charge is 0.154 e. The van der Waals surface area contributed by atoms with Crippen molar-refractivity contribution < 1.29 is 0 Å². The number of hydrogen-bond donors (Lipinski definition) is 0. The van der Waals surface area contributed by atoms with E-state index in [2.05, 4.69) is 57.2 Å². The van der Waals surface area contributed by atoms with Gasteiger partial charge in [0.2, 0.25) is 0 Å². The fourth-order valence-electron chi connectivity index (χ4n) is 2.09. The van der Waals surface area contributed by atoms with E-state index in [9.17, 15) is 0 Å². The van der Waals surface area contributed by atoms with Crippen LogP contribution in [0, 0.1) is 23.8 Å². The molecule has 0 aliphatic rings. The Morgan fingerprint density at radius 3 is 1.96 bits per heavy atom. The Kier molecular flexibility index (Phi) is 4.83. The number of hydrogen-bond acceptors (Lipinski definition) is 4. The van der Waals surface area contributed by atoms with Gasteiger partial charge in [-0.25, -0.2) is 19.0 Å². The zero-order valence-corrected chi connectivity index (χ0v) is 15.9. The van der Waals surface area contributed by atoms with Crippen LogP contribution in [0.3, 0.4) is 0 Å². The summed E-state index contributed by atoms with van der Waals surface area (Å²) in [6.45, 7) is 6.66. The second kappa shape index (κ2) is 7.22. The molecule has 0 amide bonds. The van der Waals surface area contributed by atoms with E-state index in [0.717, 1.165) is 17.0 Å². The van der Waals surface area contributed by atoms with Crippen molar-refractivity contribution in [3.63, 3.8) is 0 Å². The lowest BCUT2D eigenvalue weighted by Crippen LogP contribution is -2.16. The van der Waals surface area contributed by atoms with Crippen molar-refractivity contribution in [2.24, 2.45) is 0 Å². The van der Waals surface area contributed by atoms with Crippen LogP contribution in [-0.4, -0.2) is 37.3 Å². The molecule has 0 saturated heterocycles. The van der Waals surface area contributed by atoms with E-state index < -0.39 is 8.07 Å². The maximum Gasteiger partial charge on any atom is 0.154 e. The lowest BCUT2D eigenvalue weighted by molar-refractivity contribution is 0.923. The molecule has 0 atom stereocenters. The number of rotatable bonds is 0. The molecule has 0 N–H and O–H groups in total. The molecule has 4 aromatic heterocycles. The minimum atomic E-state index is -1.33. The quantitative estimate of drug-likeness (QED) is 0.358. The molecule has 128 valence electrons. The van der Waals surface area contributed by atoms with E-state index in [0.29, 0.717) is 5.69 Å². The zero-order valence-electron chi connectivity index (χ0n) is 14.9. The van der Waals surface area contributed by atoms with Crippen molar-refractivity contribution in [1.82, 2.24) is 29.2 Å². The Morgan fingerprint density at radius 2 is 1.42 bits per heavy atom. The fraction of sp³-hybridized carbons (Fsp3) is 0.158. The molecule has 0 aliphatic heterocycles. The highest BCUT2D eigenvalue weighted by atomic mass is 28.3. The van der Waals surface area contributed by atoms with Crippen LogP contribution in [0.5, 0.6) is 0 Å². The minimum absolute atomic E-state index is 0.681. The molecule has 0 aromatic carbocycles. The first kappa shape index (κ1) is 17.4. The number of terminal acetylenes is 1. The average Bonchev–Trinajstić information content (AvgIpc) is 3.24. The van der Waals surface area contributed by atoms with Gasteiger partial charge in [-0.15, -0.1) is 12.0 Å². The molecule has 4 rings (SSSR count). The molecule has 0 radical (unpaired) electrons. The van der Waals surface area contributed by atoms with E-state index >= 15 is 0 Å². The first-order valence-electron chi connectivity index (χ1n) is 8.05. The van der Waals surface area contributed by atoms with E-state index in [1.807, 2.05) is 24.3 Å². The standard InChI is InChI=1S/C11H13N3Si.C8H5N3/c1-15(2,3)8-6-10-9-12-11-5-4-7-13-14(10)11;1-2-7-6-9-8-4-3-5-10-11(7)8/h4-5,7,9H,1-3H3;1,3-6H. The normalized spacial score (nSPS) is 10.5. The van der Waals surface area contributed by atoms with Gasteiger partial charge >= 0.3 is 0 Å². The van der Waals surface area contributed by atoms with E-state index in [-0.39, 0.29) is 0 Å². The van der Waals surface area contributed by atoms with Crippen molar-refractivity contribution >= 4 is 19.4 Å². The highest BCUT2D eigenvalue weighted by molar-refractivity contribution is 6.83. The van der Waals surface area contributed by atoms with E-state index in [1.54, 1.807) is 33.8 Å². The third-order valence-corrected chi connectivity index (χ3v) is 4.14. The number of fused-ring (bicyclic) bond motifs is 2. The van der Waals surface area contributed by atoms with Crippen molar-refractivity contribution in [2.75, 3.05) is 0 Å². The third kappa shape index (κ3) is 3.97. The highest BCUT2D eigenvalue weighted by Gasteiger charge is 2.08. The van der Waals surface area contributed by atoms with Crippen LogP contribution in [0.2, 0.25) is 19.6 Å². The summed E-state index contributed by atoms with van der Waals surface area (Å²) in [5, 5.41) is 8.23. The van der Waals surface area contributed by atoms with Gasteiger partial charge in [-0.05, 0) is 30.2 Å². The van der Waals surface area contributed by atoms with E-state index in [1.165, 1.54) is 0 Å². The summed E-state index contributed by atoms with van der Waals surface area (Å²) in [5.41, 5.74) is 6.48. The maximum atomic E-state index is 5.21. The summed E-state index contributed by atoms with van der Waals surface area (Å²) in [4.78, 5) is 8.28. The molecule has 7 heteroatoms. The van der Waals surface area contributed by atoms with Crippen LogP contribution >= 0.6 is 0 Å². The van der Waals surface area contributed by atoms with Gasteiger partial charge in [0.1, 0.15) is 19.5 Å². The van der Waals surface area contributed by atoms with Crippen molar-refractivity contribution in [3.05, 3.63) is 60.4 Å². The van der Waals surface area contributed by atoms with Gasteiger partial charge in [0.25, 0.3) is 0 Å². The van der Waals surface area contributed by atoms with Gasteiger partial charge in [-0.3, -0.25) is 0 Å². The number of aromatic nitrogens is 6. The molecule has 0 spiro atoms. The minimum Gasteiger partial charge on any atom is -0.234 e. The van der Waals surface area contributed by atoms with Gasteiger partial charge in [-0.2, -0.15) is 10.2 Å². The Labute approximate surface area is 152 Å². The van der Waals surface area contributed by atoms with Crippen LogP contribution in [0.15, 0.2) is 49.1 Å². The van der Waals surface area contributed by atoms with E-state index in [4.69, 9.17) is 6.42 Å². The molecule has 4 aromatic rings. The Hall–Kier alpha value is -3.42. The number of imidazole rings is 2. The highest BCUT2D eigenvalue weighted by Crippen LogP contribution is 2.04. The van der Waals surface area contributed by atoms with Crippen molar-refractivity contribution in [1.29, 1.82) is 0 Å². The molecule has 0 saturated carbocycles. The topological polar surface area (TPSA) is 60.4 Å². The Balaban J connectivity index is 0.000000158. The van der Waals surface area contributed by atoms with Crippen LogP contribution in [0.4, 0.5) is 0 Å². The lowest BCUT2D eigenvalue weighted by Gasteiger charge is -2.02. The molecular weight excluding hydrogens is 340 g/mol. The monoisotopic (exact) mass is 358 g/mol. The summed E-state index contributed by atoms with van der Waals surface area (Å²) in [7, 11) is -1.33. The molecule has 0 fully saturated rings. The summed E-state index contributed by atoms with van der Waals surface area (Å²) >= 11 is 0. The molecule has 6 nitrogen and oxygen atoms in total. The first-order chi connectivity index (χ1) is 12.5.